The van der Waals surface area contributed by atoms with E-state index in [4.69, 9.17) is 16.3 Å². The third kappa shape index (κ3) is 4.02. The van der Waals surface area contributed by atoms with Crippen LogP contribution in [0.15, 0.2) is 84.9 Å². The molecule has 0 radical (unpaired) electrons. The van der Waals surface area contributed by atoms with Gasteiger partial charge in [-0.15, -0.1) is 0 Å². The van der Waals surface area contributed by atoms with Crippen LogP contribution in [0.5, 0.6) is 5.75 Å². The summed E-state index contributed by atoms with van der Waals surface area (Å²) in [5, 5.41) is 1.83. The van der Waals surface area contributed by atoms with Crippen LogP contribution in [0.3, 0.4) is 0 Å². The van der Waals surface area contributed by atoms with Gasteiger partial charge in [-0.25, -0.2) is 0 Å². The van der Waals surface area contributed by atoms with Gasteiger partial charge in [0.25, 0.3) is 17.7 Å². The molecule has 4 aromatic rings. The van der Waals surface area contributed by atoms with Gasteiger partial charge in [0.05, 0.1) is 17.7 Å². The van der Waals surface area contributed by atoms with E-state index in [1.54, 1.807) is 79.9 Å². The summed E-state index contributed by atoms with van der Waals surface area (Å²) >= 11 is 6.31. The van der Waals surface area contributed by atoms with Gasteiger partial charge < -0.3 is 9.64 Å². The Labute approximate surface area is 207 Å². The largest absolute Gasteiger partial charge is 0.497 e. The summed E-state index contributed by atoms with van der Waals surface area (Å²) in [5.74, 6) is -0.441. The summed E-state index contributed by atoms with van der Waals surface area (Å²) in [6.45, 7) is 0.108. The lowest BCUT2D eigenvalue weighted by molar-refractivity contribution is 0.0611. The molecule has 0 bridgehead atoms. The minimum atomic E-state index is -0.376. The molecule has 0 saturated carbocycles. The van der Waals surface area contributed by atoms with Crippen LogP contribution < -0.4 is 9.64 Å². The van der Waals surface area contributed by atoms with Gasteiger partial charge in [-0.3, -0.25) is 19.3 Å². The number of nitrogens with zero attached hydrogens (tertiary/aromatic N) is 2. The number of benzene rings is 4. The first-order valence-corrected chi connectivity index (χ1v) is 11.5. The van der Waals surface area contributed by atoms with E-state index < -0.39 is 0 Å². The number of methoxy groups -OCH3 is 1. The molecule has 1 aliphatic heterocycles. The number of amides is 3. The van der Waals surface area contributed by atoms with Crippen molar-refractivity contribution in [2.75, 3.05) is 25.1 Å². The fourth-order valence-corrected chi connectivity index (χ4v) is 4.59. The SMILES string of the molecule is COc1ccc(N(CCN2C(=O)c3cccc4cccc(c34)C2=O)C(=O)c2ccccc2Cl)cc1. The minimum absolute atomic E-state index is 0.0185. The topological polar surface area (TPSA) is 66.9 Å². The maximum absolute atomic E-state index is 13.5. The lowest BCUT2D eigenvalue weighted by Crippen LogP contribution is -2.46. The molecule has 174 valence electrons. The fraction of sp³-hybridized carbons (Fsp3) is 0.107. The highest BCUT2D eigenvalue weighted by atomic mass is 35.5. The molecule has 0 aromatic heterocycles. The van der Waals surface area contributed by atoms with Crippen LogP contribution in [0.4, 0.5) is 5.69 Å². The Hall–Kier alpha value is -4.16. The smallest absolute Gasteiger partial charge is 0.261 e. The van der Waals surface area contributed by atoms with Gasteiger partial charge in [0, 0.05) is 35.3 Å². The van der Waals surface area contributed by atoms with Crippen LogP contribution in [0.2, 0.25) is 5.02 Å². The third-order valence-electron chi connectivity index (χ3n) is 6.14. The minimum Gasteiger partial charge on any atom is -0.497 e. The van der Waals surface area contributed by atoms with Crippen molar-refractivity contribution in [3.05, 3.63) is 107 Å². The van der Waals surface area contributed by atoms with Gasteiger partial charge in [-0.1, -0.05) is 48.0 Å². The second kappa shape index (κ2) is 9.24. The highest BCUT2D eigenvalue weighted by molar-refractivity contribution is 6.34. The Morgan fingerprint density at radius 1 is 0.857 bits per heavy atom. The average Bonchev–Trinajstić information content (AvgIpc) is 2.89. The first-order chi connectivity index (χ1) is 17.0. The molecule has 35 heavy (non-hydrogen) atoms. The Balaban J connectivity index is 1.48. The molecule has 0 unspecified atom stereocenters. The zero-order valence-electron chi connectivity index (χ0n) is 18.9. The number of anilines is 1. The van der Waals surface area contributed by atoms with Crippen molar-refractivity contribution in [1.82, 2.24) is 4.90 Å². The van der Waals surface area contributed by atoms with E-state index in [0.717, 1.165) is 5.39 Å². The van der Waals surface area contributed by atoms with Crippen LogP contribution in [0.25, 0.3) is 10.8 Å². The maximum Gasteiger partial charge on any atom is 0.261 e. The second-order valence-corrected chi connectivity index (χ2v) is 8.51. The molecule has 0 atom stereocenters. The predicted molar refractivity (Wildman–Crippen MR) is 135 cm³/mol. The van der Waals surface area contributed by atoms with Crippen molar-refractivity contribution in [2.24, 2.45) is 0 Å². The Morgan fingerprint density at radius 3 is 2.09 bits per heavy atom. The Kier molecular flexibility index (Phi) is 5.97. The van der Waals surface area contributed by atoms with Crippen LogP contribution >= 0.6 is 11.6 Å². The first-order valence-electron chi connectivity index (χ1n) is 11.1. The van der Waals surface area contributed by atoms with Gasteiger partial charge in [0.2, 0.25) is 0 Å². The molecule has 3 amide bonds. The molecule has 0 spiro atoms. The monoisotopic (exact) mass is 484 g/mol. The number of rotatable bonds is 6. The zero-order chi connectivity index (χ0) is 24.5. The van der Waals surface area contributed by atoms with Crippen molar-refractivity contribution in [3.8, 4) is 5.75 Å². The van der Waals surface area contributed by atoms with Crippen molar-refractivity contribution in [1.29, 1.82) is 0 Å². The van der Waals surface area contributed by atoms with Gasteiger partial charge in [-0.05, 0) is 53.9 Å². The average molecular weight is 485 g/mol. The molecule has 0 aliphatic carbocycles. The maximum atomic E-state index is 13.5. The summed E-state index contributed by atoms with van der Waals surface area (Å²) in [4.78, 5) is 42.9. The number of hydrogen-bond donors (Lipinski definition) is 0. The molecular formula is C28H21ClN2O4. The normalized spacial score (nSPS) is 12.7. The van der Waals surface area contributed by atoms with Crippen LogP contribution in [-0.4, -0.2) is 42.8 Å². The molecule has 0 N–H and O–H groups in total. The molecule has 4 aromatic carbocycles. The fourth-order valence-electron chi connectivity index (χ4n) is 4.37. The zero-order valence-corrected chi connectivity index (χ0v) is 19.7. The number of halogens is 1. The highest BCUT2D eigenvalue weighted by Gasteiger charge is 2.33. The van der Waals surface area contributed by atoms with E-state index in [0.29, 0.717) is 38.5 Å². The first kappa shape index (κ1) is 22.6. The summed E-state index contributed by atoms with van der Waals surface area (Å²) in [5.41, 5.74) is 1.88. The van der Waals surface area contributed by atoms with E-state index in [1.165, 1.54) is 9.80 Å². The van der Waals surface area contributed by atoms with Crippen molar-refractivity contribution in [3.63, 3.8) is 0 Å². The van der Waals surface area contributed by atoms with E-state index in [9.17, 15) is 14.4 Å². The Morgan fingerprint density at radius 2 is 1.49 bits per heavy atom. The van der Waals surface area contributed by atoms with Gasteiger partial charge in [0.15, 0.2) is 0 Å². The molecule has 0 fully saturated rings. The summed E-state index contributed by atoms with van der Waals surface area (Å²) in [6, 6.07) is 24.6. The third-order valence-corrected chi connectivity index (χ3v) is 6.47. The molecule has 1 aliphatic rings. The lowest BCUT2D eigenvalue weighted by atomic mass is 9.94. The van der Waals surface area contributed by atoms with Gasteiger partial charge >= 0.3 is 0 Å². The van der Waals surface area contributed by atoms with E-state index in [1.807, 2.05) is 12.1 Å². The molecule has 1 heterocycles. The quantitative estimate of drug-likeness (QED) is 0.341. The molecule has 0 saturated heterocycles. The van der Waals surface area contributed by atoms with Gasteiger partial charge in [0.1, 0.15) is 5.75 Å². The van der Waals surface area contributed by atoms with Crippen LogP contribution in [-0.2, 0) is 0 Å². The predicted octanol–water partition coefficient (Wildman–Crippen LogP) is 5.44. The van der Waals surface area contributed by atoms with Crippen molar-refractivity contribution >= 4 is 45.8 Å². The molecule has 6 nitrogen and oxygen atoms in total. The Bertz CT molecular complexity index is 1420. The lowest BCUT2D eigenvalue weighted by Gasteiger charge is -2.30. The number of ether oxygens (including phenoxy) is 1. The van der Waals surface area contributed by atoms with Crippen molar-refractivity contribution in [2.45, 2.75) is 0 Å². The second-order valence-electron chi connectivity index (χ2n) is 8.11. The number of hydrogen-bond acceptors (Lipinski definition) is 4. The number of carbonyl (C=O) groups is 3. The van der Waals surface area contributed by atoms with Crippen LogP contribution in [0.1, 0.15) is 31.1 Å². The van der Waals surface area contributed by atoms with E-state index in [2.05, 4.69) is 0 Å². The van der Waals surface area contributed by atoms with Crippen molar-refractivity contribution < 1.29 is 19.1 Å². The summed E-state index contributed by atoms with van der Waals surface area (Å²) in [6.07, 6.45) is 0. The molecule has 5 rings (SSSR count). The molecule has 7 heteroatoms. The summed E-state index contributed by atoms with van der Waals surface area (Å²) < 4.78 is 5.24. The standard InChI is InChI=1S/C28H21ClN2O4/c1-35-20-14-12-19(13-15-20)30(26(32)21-8-2-3-11-24(21)29)16-17-31-27(33)22-9-4-6-18-7-5-10-23(25(18)22)28(31)34/h2-15H,16-17H2,1H3. The number of imide groups is 1. The number of carbonyl (C=O) groups excluding carboxylic acids is 3. The van der Waals surface area contributed by atoms with E-state index >= 15 is 0 Å². The summed E-state index contributed by atoms with van der Waals surface area (Å²) in [7, 11) is 1.56. The molecular weight excluding hydrogens is 464 g/mol. The van der Waals surface area contributed by atoms with E-state index in [-0.39, 0.29) is 30.8 Å². The van der Waals surface area contributed by atoms with Gasteiger partial charge in [-0.2, -0.15) is 0 Å². The highest BCUT2D eigenvalue weighted by Crippen LogP contribution is 2.30. The van der Waals surface area contributed by atoms with Crippen LogP contribution in [0, 0.1) is 0 Å².